The Balaban J connectivity index is 1.36. The third kappa shape index (κ3) is 14.9. The fourth-order valence-corrected chi connectivity index (χ4v) is 6.95. The molecule has 354 valence electrons. The van der Waals surface area contributed by atoms with Crippen LogP contribution in [0.1, 0.15) is 121 Å². The van der Waals surface area contributed by atoms with Gasteiger partial charge in [0.1, 0.15) is 52.4 Å². The van der Waals surface area contributed by atoms with Crippen LogP contribution in [-0.4, -0.2) is 107 Å². The van der Waals surface area contributed by atoms with Crippen molar-refractivity contribution in [2.45, 2.75) is 136 Å². The Morgan fingerprint density at radius 3 is 2.35 bits per heavy atom. The van der Waals surface area contributed by atoms with Gasteiger partial charge in [-0.05, 0) is 111 Å². The Kier molecular flexibility index (Phi) is 17.0. The zero-order valence-corrected chi connectivity index (χ0v) is 39.5. The number of benzene rings is 2. The number of fused-ring (bicyclic) bond motifs is 2. The van der Waals surface area contributed by atoms with E-state index in [1.807, 2.05) is 39.0 Å². The molecule has 0 N–H and O–H groups in total. The number of hydrogen-bond donors (Lipinski definition) is 0. The predicted octanol–water partition coefficient (Wildman–Crippen LogP) is 9.15. The molecule has 2 aromatic carbocycles. The highest BCUT2D eigenvalue weighted by atomic mass is 16.8. The number of methoxy groups -OCH3 is 1. The first-order chi connectivity index (χ1) is 30.6. The average molecular weight is 904 g/mol. The minimum absolute atomic E-state index is 0.00108. The molecule has 1 unspecified atom stereocenters. The second-order valence-electron chi connectivity index (χ2n) is 18.5. The number of amides is 1. The third-order valence-corrected chi connectivity index (χ3v) is 10.1. The molecule has 1 saturated heterocycles. The molecule has 5 rings (SSSR count). The Morgan fingerprint density at radius 1 is 0.938 bits per heavy atom. The number of unbranched alkanes of at least 4 members (excludes halogenated alkanes) is 1. The van der Waals surface area contributed by atoms with Crippen molar-refractivity contribution in [1.29, 1.82) is 0 Å². The molecule has 0 bridgehead atoms. The number of nitrogens with zero attached hydrogens (tertiary/aromatic N) is 3. The van der Waals surface area contributed by atoms with Crippen LogP contribution in [0.25, 0.3) is 6.08 Å². The van der Waals surface area contributed by atoms with E-state index in [1.165, 1.54) is 29.0 Å². The number of cyclic esters (lactones) is 1. The molecule has 1 fully saturated rings. The zero-order valence-electron chi connectivity index (χ0n) is 39.5. The van der Waals surface area contributed by atoms with E-state index in [2.05, 4.69) is 4.98 Å². The van der Waals surface area contributed by atoms with Crippen LogP contribution in [0.15, 0.2) is 73.1 Å². The van der Waals surface area contributed by atoms with Crippen molar-refractivity contribution in [2.24, 2.45) is 5.92 Å². The second kappa shape index (κ2) is 22.0. The lowest BCUT2D eigenvalue weighted by atomic mass is 9.98. The fraction of sp³-hybridized carbons (Fsp3) is 0.531. The van der Waals surface area contributed by atoms with Gasteiger partial charge in [-0.3, -0.25) is 0 Å². The maximum Gasteiger partial charge on any atom is 0.420 e. The molecule has 2 aliphatic heterocycles. The van der Waals surface area contributed by atoms with Crippen LogP contribution in [0.2, 0.25) is 0 Å². The van der Waals surface area contributed by atoms with Gasteiger partial charge in [0.15, 0.2) is 12.6 Å². The summed E-state index contributed by atoms with van der Waals surface area (Å²) in [6, 6.07) is 12.1. The van der Waals surface area contributed by atoms with Gasteiger partial charge in [0.05, 0.1) is 24.8 Å². The van der Waals surface area contributed by atoms with Gasteiger partial charge in [-0.2, -0.15) is 0 Å². The van der Waals surface area contributed by atoms with E-state index in [9.17, 15) is 19.2 Å². The number of hydrogen-bond acceptors (Lipinski definition) is 14. The third-order valence-electron chi connectivity index (χ3n) is 10.1. The van der Waals surface area contributed by atoms with E-state index >= 15 is 0 Å². The minimum atomic E-state index is -0.979. The zero-order chi connectivity index (χ0) is 47.5. The largest absolute Gasteiger partial charge is 0.493 e. The number of imidazole rings is 1. The number of ether oxygens (including phenoxy) is 9. The molecule has 1 aromatic heterocycles. The van der Waals surface area contributed by atoms with Crippen molar-refractivity contribution in [3.05, 3.63) is 95.6 Å². The van der Waals surface area contributed by atoms with E-state index in [-0.39, 0.29) is 43.7 Å². The summed E-state index contributed by atoms with van der Waals surface area (Å²) >= 11 is 0. The van der Waals surface area contributed by atoms with Gasteiger partial charge in [0.2, 0.25) is 0 Å². The van der Waals surface area contributed by atoms with Crippen molar-refractivity contribution < 1.29 is 61.8 Å². The van der Waals surface area contributed by atoms with Gasteiger partial charge in [-0.15, -0.1) is 0 Å². The molecule has 0 aliphatic carbocycles. The Labute approximate surface area is 382 Å². The van der Waals surface area contributed by atoms with Gasteiger partial charge in [-0.1, -0.05) is 43.4 Å². The van der Waals surface area contributed by atoms with Gasteiger partial charge in [-0.25, -0.2) is 28.7 Å². The quantitative estimate of drug-likeness (QED) is 0.0522. The average Bonchev–Trinajstić information content (AvgIpc) is 3.82. The van der Waals surface area contributed by atoms with Crippen LogP contribution in [0.5, 0.6) is 11.5 Å². The molecular formula is C49H65N3O13. The van der Waals surface area contributed by atoms with Crippen LogP contribution in [-0.2, 0) is 39.7 Å². The molecule has 1 amide bonds. The van der Waals surface area contributed by atoms with Crippen molar-refractivity contribution in [1.82, 2.24) is 14.5 Å². The molecule has 65 heavy (non-hydrogen) atoms. The highest BCUT2D eigenvalue weighted by Gasteiger charge is 2.45. The summed E-state index contributed by atoms with van der Waals surface area (Å²) in [6.45, 7) is 18.3. The summed E-state index contributed by atoms with van der Waals surface area (Å²) in [5.41, 5.74) is -0.446. The number of esters is 2. The molecule has 0 saturated carbocycles. The minimum Gasteiger partial charge on any atom is -0.493 e. The summed E-state index contributed by atoms with van der Waals surface area (Å²) in [5.74, 6) is -1.49. The van der Waals surface area contributed by atoms with Gasteiger partial charge in [0, 0.05) is 38.0 Å². The lowest BCUT2D eigenvalue weighted by molar-refractivity contribution is -0.152. The summed E-state index contributed by atoms with van der Waals surface area (Å²) in [4.78, 5) is 59.5. The first-order valence-corrected chi connectivity index (χ1v) is 22.0. The summed E-state index contributed by atoms with van der Waals surface area (Å²) in [7, 11) is 1.48. The number of carbonyl (C=O) groups is 4. The molecular weight excluding hydrogens is 839 g/mol. The molecule has 16 nitrogen and oxygen atoms in total. The van der Waals surface area contributed by atoms with E-state index in [1.54, 1.807) is 97.0 Å². The first kappa shape index (κ1) is 50.3. The van der Waals surface area contributed by atoms with E-state index < -0.39 is 65.5 Å². The molecule has 3 aromatic rings. The van der Waals surface area contributed by atoms with Gasteiger partial charge < -0.3 is 47.5 Å². The lowest BCUT2D eigenvalue weighted by Gasteiger charge is -2.27. The van der Waals surface area contributed by atoms with Crippen LogP contribution in [0.3, 0.4) is 0 Å². The smallest absolute Gasteiger partial charge is 0.420 e. The SMILES string of the molecule is COCOc1cc(OCCCCN(Cc2nccn2C(=O)OC(C)(C)C)C(=O)OC(C)(C)C)cc2c1C(=O)O[C@@H](C)[C@H](C)C=CC(OC(=O)c1ccccc1)[C@H]1OC(C)(C)O[C@H]1CC=C2. The Morgan fingerprint density at radius 2 is 1.66 bits per heavy atom. The maximum absolute atomic E-state index is 14.1. The van der Waals surface area contributed by atoms with E-state index in [0.717, 1.165) is 0 Å². The van der Waals surface area contributed by atoms with Crippen LogP contribution in [0.4, 0.5) is 9.59 Å². The summed E-state index contributed by atoms with van der Waals surface area (Å²) in [5, 5.41) is 0. The molecule has 0 spiro atoms. The summed E-state index contributed by atoms with van der Waals surface area (Å²) < 4.78 is 54.8. The van der Waals surface area contributed by atoms with Crippen LogP contribution >= 0.6 is 0 Å². The van der Waals surface area contributed by atoms with E-state index in [4.69, 9.17) is 42.6 Å². The Hall–Kier alpha value is -5.71. The van der Waals surface area contributed by atoms with Crippen molar-refractivity contribution >= 4 is 30.2 Å². The maximum atomic E-state index is 14.1. The highest BCUT2D eigenvalue weighted by molar-refractivity contribution is 5.97. The van der Waals surface area contributed by atoms with E-state index in [0.29, 0.717) is 42.0 Å². The first-order valence-electron chi connectivity index (χ1n) is 22.0. The number of rotatable bonds is 13. The van der Waals surface area contributed by atoms with Crippen LogP contribution in [0, 0.1) is 5.92 Å². The standard InChI is InChI=1S/C49H65N3O13/c1-32-22-23-37(61-43(53)34-18-13-12-14-19-34)42-38(62-49(9,10)63-42)21-17-20-35-28-36(29-39(59-31-57-11)41(35)44(54)60-33(32)2)58-27-16-15-25-51(45(55)64-47(3,4)5)30-40-50-24-26-52(40)46(56)65-48(6,7)8/h12-14,17-20,22-24,26,28-29,32-33,37-38,42H,15-16,21,25,27,30-31H2,1-11H3/t32-,33+,37?,38+,42-/m1/s1. The monoisotopic (exact) mass is 903 g/mol. The van der Waals surface area contributed by atoms with Crippen molar-refractivity contribution in [3.63, 3.8) is 0 Å². The fourth-order valence-electron chi connectivity index (χ4n) is 6.95. The van der Waals surface area contributed by atoms with Crippen molar-refractivity contribution in [3.8, 4) is 11.5 Å². The molecule has 5 atom stereocenters. The van der Waals surface area contributed by atoms with Gasteiger partial charge in [0.25, 0.3) is 0 Å². The normalized spacial score (nSPS) is 21.0. The lowest BCUT2D eigenvalue weighted by Crippen LogP contribution is -2.38. The number of carbonyl (C=O) groups excluding carboxylic acids is 4. The topological polar surface area (TPSA) is 172 Å². The van der Waals surface area contributed by atoms with Crippen molar-refractivity contribution in [2.75, 3.05) is 27.1 Å². The summed E-state index contributed by atoms with van der Waals surface area (Å²) in [6.07, 6.45) is 7.76. The molecule has 0 radical (unpaired) electrons. The predicted molar refractivity (Wildman–Crippen MR) is 240 cm³/mol. The van der Waals surface area contributed by atoms with Gasteiger partial charge >= 0.3 is 24.1 Å². The second-order valence-corrected chi connectivity index (χ2v) is 18.5. The number of aromatic nitrogens is 2. The molecule has 3 heterocycles. The Bertz CT molecular complexity index is 2150. The highest BCUT2D eigenvalue weighted by Crippen LogP contribution is 2.36. The van der Waals surface area contributed by atoms with Crippen LogP contribution < -0.4 is 9.47 Å². The molecule has 2 aliphatic rings. The molecule has 16 heteroatoms.